The highest BCUT2D eigenvalue weighted by Gasteiger charge is 2.30. The molecule has 0 spiro atoms. The summed E-state index contributed by atoms with van der Waals surface area (Å²) in [7, 11) is -3.85. The number of fused-ring (bicyclic) bond motifs is 1. The van der Waals surface area contributed by atoms with Crippen LogP contribution in [0.3, 0.4) is 0 Å². The normalized spacial score (nSPS) is 13.8. The average Bonchev–Trinajstić information content (AvgIpc) is 3.52. The summed E-state index contributed by atoms with van der Waals surface area (Å²) >= 11 is 0. The number of amides is 1. The van der Waals surface area contributed by atoms with Crippen LogP contribution < -0.4 is 10.0 Å². The van der Waals surface area contributed by atoms with E-state index in [-0.39, 0.29) is 22.7 Å². The summed E-state index contributed by atoms with van der Waals surface area (Å²) in [5.41, 5.74) is 2.26. The van der Waals surface area contributed by atoms with Crippen molar-refractivity contribution in [2.24, 2.45) is 5.92 Å². The molecule has 8 nitrogen and oxygen atoms in total. The van der Waals surface area contributed by atoms with E-state index in [1.807, 2.05) is 6.07 Å². The number of rotatable bonds is 6. The van der Waals surface area contributed by atoms with Gasteiger partial charge in [0.15, 0.2) is 0 Å². The first-order chi connectivity index (χ1) is 15.4. The minimum atomic E-state index is -3.85. The Morgan fingerprint density at radius 3 is 2.41 bits per heavy atom. The van der Waals surface area contributed by atoms with Crippen molar-refractivity contribution in [1.29, 1.82) is 0 Å². The lowest BCUT2D eigenvalue weighted by atomic mass is 10.1. The molecule has 4 aromatic rings. The van der Waals surface area contributed by atoms with Gasteiger partial charge in [-0.05, 0) is 55.3 Å². The van der Waals surface area contributed by atoms with Crippen LogP contribution in [-0.4, -0.2) is 29.3 Å². The molecule has 0 aliphatic heterocycles. The Bertz CT molecular complexity index is 1410. The summed E-state index contributed by atoms with van der Waals surface area (Å²) in [5, 5.41) is 3.53. The highest BCUT2D eigenvalue weighted by molar-refractivity contribution is 7.92. The maximum Gasteiger partial charge on any atom is 0.261 e. The van der Waals surface area contributed by atoms with E-state index in [1.54, 1.807) is 30.5 Å². The molecule has 0 saturated heterocycles. The Balaban J connectivity index is 1.42. The molecule has 1 saturated carbocycles. The van der Waals surface area contributed by atoms with Gasteiger partial charge in [-0.2, -0.15) is 4.98 Å². The highest BCUT2D eigenvalue weighted by Crippen LogP contribution is 2.31. The molecule has 1 aliphatic rings. The van der Waals surface area contributed by atoms with Crippen LogP contribution in [0.15, 0.2) is 65.7 Å². The Morgan fingerprint density at radius 1 is 1.00 bits per heavy atom. The zero-order chi connectivity index (χ0) is 22.3. The second kappa shape index (κ2) is 7.72. The van der Waals surface area contributed by atoms with Gasteiger partial charge in [0, 0.05) is 28.8 Å². The smallest absolute Gasteiger partial charge is 0.261 e. The van der Waals surface area contributed by atoms with Gasteiger partial charge in [-0.15, -0.1) is 0 Å². The first-order valence-corrected chi connectivity index (χ1v) is 11.4. The summed E-state index contributed by atoms with van der Waals surface area (Å²) < 4.78 is 40.6. The summed E-state index contributed by atoms with van der Waals surface area (Å²) in [4.78, 5) is 24.0. The molecular weight excluding hydrogens is 433 g/mol. The number of aromatic amines is 1. The van der Waals surface area contributed by atoms with Gasteiger partial charge in [0.2, 0.25) is 11.9 Å². The Kier molecular flexibility index (Phi) is 4.86. The molecule has 0 bridgehead atoms. The topological polar surface area (TPSA) is 117 Å². The average molecular weight is 451 g/mol. The minimum absolute atomic E-state index is 0.0230. The molecule has 10 heteroatoms. The van der Waals surface area contributed by atoms with Crippen molar-refractivity contribution in [3.8, 4) is 11.3 Å². The molecule has 3 N–H and O–H groups in total. The SMILES string of the molecule is O=C(Nc1nc(-c2ccc(NS(=O)(=O)c3ccc(F)cc3)cc2)c2cc[nH]c2n1)C1CC1. The maximum atomic E-state index is 13.1. The standard InChI is InChI=1S/C22H18FN5O3S/c23-15-5-9-17(10-6-15)32(30,31)28-16-7-3-13(4-8-16)19-18-11-12-24-20(18)26-22(25-19)27-21(29)14-1-2-14/h3-12,14,28H,1-2H2,(H2,24,25,26,27,29). The molecule has 2 aromatic heterocycles. The van der Waals surface area contributed by atoms with Crippen LogP contribution in [0.2, 0.25) is 0 Å². The third kappa shape index (κ3) is 4.04. The van der Waals surface area contributed by atoms with E-state index in [0.29, 0.717) is 17.0 Å². The third-order valence-corrected chi connectivity index (χ3v) is 6.53. The van der Waals surface area contributed by atoms with E-state index in [2.05, 4.69) is 25.0 Å². The van der Waals surface area contributed by atoms with Gasteiger partial charge in [0.1, 0.15) is 11.5 Å². The number of H-pyrrole nitrogens is 1. The molecule has 0 unspecified atom stereocenters. The molecule has 0 atom stereocenters. The van der Waals surface area contributed by atoms with Gasteiger partial charge < -0.3 is 4.98 Å². The first kappa shape index (κ1) is 20.1. The highest BCUT2D eigenvalue weighted by atomic mass is 32.2. The first-order valence-electron chi connectivity index (χ1n) is 9.94. The van der Waals surface area contributed by atoms with Gasteiger partial charge in [-0.3, -0.25) is 14.8 Å². The van der Waals surface area contributed by atoms with E-state index in [0.717, 1.165) is 35.9 Å². The Morgan fingerprint density at radius 2 is 1.72 bits per heavy atom. The van der Waals surface area contributed by atoms with E-state index >= 15 is 0 Å². The number of sulfonamides is 1. The number of benzene rings is 2. The summed E-state index contributed by atoms with van der Waals surface area (Å²) in [6, 6.07) is 13.1. The van der Waals surface area contributed by atoms with Crippen LogP contribution in [0.25, 0.3) is 22.3 Å². The van der Waals surface area contributed by atoms with Crippen molar-refractivity contribution in [3.05, 3.63) is 66.6 Å². The number of carbonyl (C=O) groups is 1. The predicted molar refractivity (Wildman–Crippen MR) is 118 cm³/mol. The van der Waals surface area contributed by atoms with Crippen molar-refractivity contribution in [2.45, 2.75) is 17.7 Å². The number of hydrogen-bond acceptors (Lipinski definition) is 5. The van der Waals surface area contributed by atoms with E-state index < -0.39 is 15.8 Å². The molecular formula is C22H18FN5O3S. The third-order valence-electron chi connectivity index (χ3n) is 5.13. The molecule has 5 rings (SSSR count). The number of halogens is 1. The van der Waals surface area contributed by atoms with Crippen molar-refractivity contribution < 1.29 is 17.6 Å². The van der Waals surface area contributed by atoms with Gasteiger partial charge >= 0.3 is 0 Å². The van der Waals surface area contributed by atoms with Crippen molar-refractivity contribution in [3.63, 3.8) is 0 Å². The molecule has 2 heterocycles. The molecule has 0 radical (unpaired) electrons. The van der Waals surface area contributed by atoms with Crippen molar-refractivity contribution in [2.75, 3.05) is 10.0 Å². The van der Waals surface area contributed by atoms with E-state index in [9.17, 15) is 17.6 Å². The van der Waals surface area contributed by atoms with Gasteiger partial charge in [-0.25, -0.2) is 17.8 Å². The number of aromatic nitrogens is 3. The second-order valence-electron chi connectivity index (χ2n) is 7.54. The fraction of sp³-hybridized carbons (Fsp3) is 0.136. The lowest BCUT2D eigenvalue weighted by Crippen LogP contribution is -2.15. The summed E-state index contributed by atoms with van der Waals surface area (Å²) in [6.07, 6.45) is 3.48. The number of nitrogens with one attached hydrogen (secondary N) is 3. The fourth-order valence-corrected chi connectivity index (χ4v) is 4.36. The number of carbonyl (C=O) groups excluding carboxylic acids is 1. The van der Waals surface area contributed by atoms with Gasteiger partial charge in [0.05, 0.1) is 10.6 Å². The zero-order valence-electron chi connectivity index (χ0n) is 16.7. The van der Waals surface area contributed by atoms with Crippen molar-refractivity contribution >= 4 is 38.6 Å². The van der Waals surface area contributed by atoms with Crippen molar-refractivity contribution in [1.82, 2.24) is 15.0 Å². The van der Waals surface area contributed by atoms with Crippen LogP contribution in [0.4, 0.5) is 16.0 Å². The largest absolute Gasteiger partial charge is 0.346 e. The Labute approximate surface area is 183 Å². The molecule has 32 heavy (non-hydrogen) atoms. The van der Waals surface area contributed by atoms with Crippen LogP contribution in [0.1, 0.15) is 12.8 Å². The second-order valence-corrected chi connectivity index (χ2v) is 9.22. The lowest BCUT2D eigenvalue weighted by molar-refractivity contribution is -0.117. The lowest BCUT2D eigenvalue weighted by Gasteiger charge is -2.10. The van der Waals surface area contributed by atoms with Crippen LogP contribution in [0, 0.1) is 11.7 Å². The molecule has 1 amide bonds. The Hall–Kier alpha value is -3.79. The van der Waals surface area contributed by atoms with E-state index in [1.165, 1.54) is 12.1 Å². The quantitative estimate of drug-likeness (QED) is 0.411. The number of hydrogen-bond donors (Lipinski definition) is 3. The number of nitrogens with zero attached hydrogens (tertiary/aromatic N) is 2. The molecule has 162 valence electrons. The molecule has 1 aliphatic carbocycles. The summed E-state index contributed by atoms with van der Waals surface area (Å²) in [6.45, 7) is 0. The molecule has 1 fully saturated rings. The van der Waals surface area contributed by atoms with Crippen LogP contribution in [0.5, 0.6) is 0 Å². The van der Waals surface area contributed by atoms with E-state index in [4.69, 9.17) is 0 Å². The van der Waals surface area contributed by atoms with Crippen LogP contribution >= 0.6 is 0 Å². The fourth-order valence-electron chi connectivity index (χ4n) is 3.30. The predicted octanol–water partition coefficient (Wildman–Crippen LogP) is 3.91. The van der Waals surface area contributed by atoms with Gasteiger partial charge in [0.25, 0.3) is 10.0 Å². The van der Waals surface area contributed by atoms with Crippen LogP contribution in [-0.2, 0) is 14.8 Å². The molecule has 2 aromatic carbocycles. The number of anilines is 2. The zero-order valence-corrected chi connectivity index (χ0v) is 17.5. The maximum absolute atomic E-state index is 13.1. The van der Waals surface area contributed by atoms with Gasteiger partial charge in [-0.1, -0.05) is 12.1 Å². The minimum Gasteiger partial charge on any atom is -0.346 e. The monoisotopic (exact) mass is 451 g/mol. The summed E-state index contributed by atoms with van der Waals surface area (Å²) in [5.74, 6) is -0.364.